The molecule has 0 saturated heterocycles. The van der Waals surface area contributed by atoms with E-state index in [4.69, 9.17) is 0 Å². The third kappa shape index (κ3) is 2.51. The Kier molecular flexibility index (Phi) is 3.64. The van der Waals surface area contributed by atoms with Gasteiger partial charge in [0.25, 0.3) is 0 Å². The minimum Gasteiger partial charge on any atom is -0.380 e. The molecule has 104 valence electrons. The average molecular weight is 266 g/mol. The summed E-state index contributed by atoms with van der Waals surface area (Å²) in [5.41, 5.74) is 5.43. The smallest absolute Gasteiger partial charge is 0.0700 e. The number of allylic oxidation sites excluding steroid dienone is 2. The molecule has 0 bridgehead atoms. The standard InChI is InChI=1S/C18H22N2/c1-13-14(2)18(20-16-11-7-4-8-12-16)17(13)19-15-9-5-3-6-10-15/h3,5-6,9-10,16,19-20H,1-2,4,7-8,11-12H2. The number of hydrogen-bond acceptors (Lipinski definition) is 2. The van der Waals surface area contributed by atoms with Crippen molar-refractivity contribution in [3.05, 3.63) is 66.0 Å². The van der Waals surface area contributed by atoms with Crippen molar-refractivity contribution in [3.8, 4) is 0 Å². The van der Waals surface area contributed by atoms with Gasteiger partial charge in [0.1, 0.15) is 0 Å². The summed E-state index contributed by atoms with van der Waals surface area (Å²) >= 11 is 0. The molecule has 0 spiro atoms. The monoisotopic (exact) mass is 266 g/mol. The first kappa shape index (κ1) is 13.0. The predicted octanol–water partition coefficient (Wildman–Crippen LogP) is 4.36. The molecule has 2 heteroatoms. The van der Waals surface area contributed by atoms with Gasteiger partial charge in [0.15, 0.2) is 0 Å². The van der Waals surface area contributed by atoms with Crippen LogP contribution in [0.1, 0.15) is 32.1 Å². The van der Waals surface area contributed by atoms with Crippen LogP contribution in [-0.4, -0.2) is 6.04 Å². The van der Waals surface area contributed by atoms with Gasteiger partial charge in [0.05, 0.1) is 11.4 Å². The molecule has 2 nitrogen and oxygen atoms in total. The van der Waals surface area contributed by atoms with E-state index in [-0.39, 0.29) is 0 Å². The zero-order valence-electron chi connectivity index (χ0n) is 11.9. The van der Waals surface area contributed by atoms with Crippen LogP contribution in [0.15, 0.2) is 66.0 Å². The SMILES string of the molecule is C=C1C(=C)C(NC2CCCCC2)=C1Nc1ccccc1. The summed E-state index contributed by atoms with van der Waals surface area (Å²) in [6.45, 7) is 8.22. The number of nitrogens with one attached hydrogen (secondary N) is 2. The third-order valence-corrected chi connectivity index (χ3v) is 4.21. The van der Waals surface area contributed by atoms with Crippen molar-refractivity contribution in [2.75, 3.05) is 5.32 Å². The first-order valence-electron chi connectivity index (χ1n) is 7.47. The molecule has 0 heterocycles. The lowest BCUT2D eigenvalue weighted by Gasteiger charge is -2.35. The highest BCUT2D eigenvalue weighted by molar-refractivity contribution is 5.72. The van der Waals surface area contributed by atoms with Crippen molar-refractivity contribution in [2.24, 2.45) is 0 Å². The van der Waals surface area contributed by atoms with Crippen LogP contribution in [0.2, 0.25) is 0 Å². The van der Waals surface area contributed by atoms with Gasteiger partial charge in [0.2, 0.25) is 0 Å². The van der Waals surface area contributed by atoms with Gasteiger partial charge in [-0.2, -0.15) is 0 Å². The van der Waals surface area contributed by atoms with Gasteiger partial charge in [-0.25, -0.2) is 0 Å². The summed E-state index contributed by atoms with van der Waals surface area (Å²) < 4.78 is 0. The Bertz CT molecular complexity index is 548. The summed E-state index contributed by atoms with van der Waals surface area (Å²) in [7, 11) is 0. The minimum atomic E-state index is 0.594. The Morgan fingerprint density at radius 2 is 1.50 bits per heavy atom. The van der Waals surface area contributed by atoms with E-state index in [1.165, 1.54) is 32.1 Å². The summed E-state index contributed by atoms with van der Waals surface area (Å²) in [6, 6.07) is 10.8. The third-order valence-electron chi connectivity index (χ3n) is 4.21. The second kappa shape index (κ2) is 5.58. The molecule has 1 saturated carbocycles. The minimum absolute atomic E-state index is 0.594. The van der Waals surface area contributed by atoms with Crippen molar-refractivity contribution >= 4 is 5.69 Å². The fourth-order valence-corrected chi connectivity index (χ4v) is 2.96. The molecule has 0 aliphatic heterocycles. The number of rotatable bonds is 4. The van der Waals surface area contributed by atoms with Crippen molar-refractivity contribution in [2.45, 2.75) is 38.1 Å². The van der Waals surface area contributed by atoms with Crippen molar-refractivity contribution < 1.29 is 0 Å². The van der Waals surface area contributed by atoms with Crippen LogP contribution in [-0.2, 0) is 0 Å². The summed E-state index contributed by atoms with van der Waals surface area (Å²) in [5, 5.41) is 7.12. The largest absolute Gasteiger partial charge is 0.380 e. The maximum absolute atomic E-state index is 4.12. The number of hydrogen-bond donors (Lipinski definition) is 2. The van der Waals surface area contributed by atoms with Gasteiger partial charge >= 0.3 is 0 Å². The van der Waals surface area contributed by atoms with Crippen LogP contribution >= 0.6 is 0 Å². The molecule has 1 aromatic carbocycles. The zero-order chi connectivity index (χ0) is 13.9. The van der Waals surface area contributed by atoms with E-state index in [1.807, 2.05) is 18.2 Å². The first-order chi connectivity index (χ1) is 9.75. The fourth-order valence-electron chi connectivity index (χ4n) is 2.96. The fraction of sp³-hybridized carbons (Fsp3) is 0.333. The van der Waals surface area contributed by atoms with Crippen LogP contribution in [0.5, 0.6) is 0 Å². The van der Waals surface area contributed by atoms with Crippen LogP contribution in [0.3, 0.4) is 0 Å². The average Bonchev–Trinajstić information content (AvgIpc) is 2.52. The lowest BCUT2D eigenvalue weighted by molar-refractivity contribution is 0.396. The normalized spacial score (nSPS) is 19.8. The maximum atomic E-state index is 4.12. The topological polar surface area (TPSA) is 24.1 Å². The molecule has 1 aromatic rings. The van der Waals surface area contributed by atoms with Crippen LogP contribution in [0.25, 0.3) is 0 Å². The predicted molar refractivity (Wildman–Crippen MR) is 85.4 cm³/mol. The molecule has 0 amide bonds. The van der Waals surface area contributed by atoms with E-state index in [0.717, 1.165) is 28.2 Å². The van der Waals surface area contributed by atoms with E-state index in [0.29, 0.717) is 6.04 Å². The molecule has 0 unspecified atom stereocenters. The maximum Gasteiger partial charge on any atom is 0.0700 e. The zero-order valence-corrected chi connectivity index (χ0v) is 11.9. The van der Waals surface area contributed by atoms with Gasteiger partial charge in [-0.05, 0) is 25.0 Å². The van der Waals surface area contributed by atoms with E-state index in [1.54, 1.807) is 0 Å². The van der Waals surface area contributed by atoms with E-state index in [2.05, 4.69) is 35.9 Å². The lowest BCUT2D eigenvalue weighted by atomic mass is 9.87. The summed E-state index contributed by atoms with van der Waals surface area (Å²) in [5.74, 6) is 0. The highest BCUT2D eigenvalue weighted by atomic mass is 15.0. The van der Waals surface area contributed by atoms with Crippen molar-refractivity contribution in [1.29, 1.82) is 0 Å². The highest BCUT2D eigenvalue weighted by Crippen LogP contribution is 2.37. The van der Waals surface area contributed by atoms with Gasteiger partial charge in [-0.3, -0.25) is 0 Å². The molecule has 3 rings (SSSR count). The van der Waals surface area contributed by atoms with Gasteiger partial charge in [-0.15, -0.1) is 0 Å². The van der Waals surface area contributed by atoms with Crippen molar-refractivity contribution in [3.63, 3.8) is 0 Å². The highest BCUT2D eigenvalue weighted by Gasteiger charge is 2.28. The molecular weight excluding hydrogens is 244 g/mol. The molecule has 1 fully saturated rings. The molecule has 2 aliphatic rings. The molecule has 0 radical (unpaired) electrons. The lowest BCUT2D eigenvalue weighted by Crippen LogP contribution is -2.36. The number of anilines is 1. The van der Waals surface area contributed by atoms with E-state index < -0.39 is 0 Å². The molecule has 2 N–H and O–H groups in total. The van der Waals surface area contributed by atoms with Crippen LogP contribution in [0, 0.1) is 0 Å². The Morgan fingerprint density at radius 3 is 2.20 bits per heavy atom. The summed E-state index contributed by atoms with van der Waals surface area (Å²) in [4.78, 5) is 0. The van der Waals surface area contributed by atoms with Crippen molar-refractivity contribution in [1.82, 2.24) is 5.32 Å². The van der Waals surface area contributed by atoms with E-state index >= 15 is 0 Å². The molecule has 20 heavy (non-hydrogen) atoms. The molecular formula is C18H22N2. The number of benzene rings is 1. The quantitative estimate of drug-likeness (QED) is 0.846. The number of para-hydroxylation sites is 1. The summed E-state index contributed by atoms with van der Waals surface area (Å²) in [6.07, 6.45) is 6.57. The molecule has 0 aromatic heterocycles. The van der Waals surface area contributed by atoms with Gasteiger partial charge < -0.3 is 10.6 Å². The second-order valence-corrected chi connectivity index (χ2v) is 5.68. The Labute approximate surface area is 121 Å². The Balaban J connectivity index is 1.75. The first-order valence-corrected chi connectivity index (χ1v) is 7.47. The second-order valence-electron chi connectivity index (χ2n) is 5.68. The van der Waals surface area contributed by atoms with Gasteiger partial charge in [-0.1, -0.05) is 50.6 Å². The Hall–Kier alpha value is -1.96. The molecule has 0 atom stereocenters. The van der Waals surface area contributed by atoms with Crippen LogP contribution in [0.4, 0.5) is 5.69 Å². The van der Waals surface area contributed by atoms with Crippen LogP contribution < -0.4 is 10.6 Å². The van der Waals surface area contributed by atoms with Gasteiger partial charge in [0, 0.05) is 22.9 Å². The Morgan fingerprint density at radius 1 is 0.850 bits per heavy atom. The molecule has 2 aliphatic carbocycles. The van der Waals surface area contributed by atoms with E-state index in [9.17, 15) is 0 Å².